The van der Waals surface area contributed by atoms with Crippen LogP contribution in [0.5, 0.6) is 0 Å². The average Bonchev–Trinajstić information content (AvgIpc) is 2.95. The molecule has 0 N–H and O–H groups in total. The first kappa shape index (κ1) is 38.1. The second-order valence-electron chi connectivity index (χ2n) is 10.6. The predicted octanol–water partition coefficient (Wildman–Crippen LogP) is 12.9. The van der Waals surface area contributed by atoms with Gasteiger partial charge in [0.15, 0.2) is 0 Å². The van der Waals surface area contributed by atoms with Crippen LogP contribution in [0.15, 0.2) is 17.9 Å². The van der Waals surface area contributed by atoms with Gasteiger partial charge in [0.2, 0.25) is 0 Å². The second kappa shape index (κ2) is 24.5. The second-order valence-corrected chi connectivity index (χ2v) is 13.8. The number of hydrogen-bond acceptors (Lipinski definition) is 4. The minimum Gasteiger partial charge on any atom is -0.462 e. The summed E-state index contributed by atoms with van der Waals surface area (Å²) < 4.78 is 13.4. The molecule has 1 aromatic carbocycles. The number of carbonyl (C=O) groups is 2. The quantitative estimate of drug-likeness (QED) is 0.0451. The van der Waals surface area contributed by atoms with E-state index in [0.29, 0.717) is 31.1 Å². The average molecular weight is 818 g/mol. The van der Waals surface area contributed by atoms with Gasteiger partial charge in [0.25, 0.3) is 0 Å². The van der Waals surface area contributed by atoms with Crippen LogP contribution in [0.25, 0.3) is 0 Å². The summed E-state index contributed by atoms with van der Waals surface area (Å²) in [6.07, 6.45) is 24.3. The van der Waals surface area contributed by atoms with Gasteiger partial charge in [0, 0.05) is 17.9 Å². The van der Waals surface area contributed by atoms with E-state index < -0.39 is 11.9 Å². The molecule has 0 amide bonds. The van der Waals surface area contributed by atoms with Crippen molar-refractivity contribution in [3.8, 4) is 0 Å². The van der Waals surface area contributed by atoms with Gasteiger partial charge >= 0.3 is 11.9 Å². The highest BCUT2D eigenvalue weighted by Crippen LogP contribution is 2.42. The SMILES string of the molecule is CCCCCCCCCCCCOC(=O)c1c(Br)c(Br)c(Br)c(Br)c1C(=O)OCCCCCCCCCCCC. The molecule has 8 heteroatoms. The summed E-state index contributed by atoms with van der Waals surface area (Å²) in [7, 11) is 0. The molecule has 0 atom stereocenters. The van der Waals surface area contributed by atoms with E-state index in [2.05, 4.69) is 77.6 Å². The highest BCUT2D eigenvalue weighted by molar-refractivity contribution is 9.15. The van der Waals surface area contributed by atoms with E-state index in [1.807, 2.05) is 0 Å². The molecule has 0 bridgehead atoms. The van der Waals surface area contributed by atoms with Crippen LogP contribution in [-0.2, 0) is 9.47 Å². The highest BCUT2D eigenvalue weighted by atomic mass is 79.9. The van der Waals surface area contributed by atoms with Crippen LogP contribution in [0.1, 0.15) is 163 Å². The first-order valence-electron chi connectivity index (χ1n) is 15.6. The third-order valence-electron chi connectivity index (χ3n) is 7.14. The zero-order chi connectivity index (χ0) is 29.6. The van der Waals surface area contributed by atoms with Crippen LogP contribution in [0.3, 0.4) is 0 Å². The van der Waals surface area contributed by atoms with Crippen LogP contribution in [0.4, 0.5) is 0 Å². The van der Waals surface area contributed by atoms with Crippen molar-refractivity contribution in [3.05, 3.63) is 29.0 Å². The molecule has 4 nitrogen and oxygen atoms in total. The molecule has 1 rings (SSSR count). The Bertz CT molecular complexity index is 791. The summed E-state index contributed by atoms with van der Waals surface area (Å²) in [5, 5.41) is 0. The number of halogens is 4. The van der Waals surface area contributed by atoms with Gasteiger partial charge in [-0.1, -0.05) is 129 Å². The lowest BCUT2D eigenvalue weighted by atomic mass is 10.1. The Morgan fingerprint density at radius 3 is 0.950 bits per heavy atom. The molecule has 0 unspecified atom stereocenters. The van der Waals surface area contributed by atoms with E-state index in [-0.39, 0.29) is 11.1 Å². The predicted molar refractivity (Wildman–Crippen MR) is 181 cm³/mol. The number of carbonyl (C=O) groups excluding carboxylic acids is 2. The van der Waals surface area contributed by atoms with Crippen molar-refractivity contribution in [2.24, 2.45) is 0 Å². The summed E-state index contributed by atoms with van der Waals surface area (Å²) in [4.78, 5) is 26.2. The molecule has 0 aliphatic heterocycles. The fourth-order valence-electron chi connectivity index (χ4n) is 4.67. The molecule has 0 fully saturated rings. The molecule has 0 heterocycles. The van der Waals surface area contributed by atoms with Gasteiger partial charge in [-0.25, -0.2) is 9.59 Å². The minimum absolute atomic E-state index is 0.183. The number of esters is 2. The monoisotopic (exact) mass is 814 g/mol. The van der Waals surface area contributed by atoms with E-state index in [0.717, 1.165) is 38.5 Å². The van der Waals surface area contributed by atoms with Crippen molar-refractivity contribution in [1.82, 2.24) is 0 Å². The van der Waals surface area contributed by atoms with Crippen molar-refractivity contribution in [3.63, 3.8) is 0 Å². The summed E-state index contributed by atoms with van der Waals surface area (Å²) in [5.74, 6) is -1.05. The van der Waals surface area contributed by atoms with Gasteiger partial charge in [-0.3, -0.25) is 0 Å². The Labute approximate surface area is 277 Å². The van der Waals surface area contributed by atoms with Crippen molar-refractivity contribution in [1.29, 1.82) is 0 Å². The summed E-state index contributed by atoms with van der Waals surface area (Å²) >= 11 is 14.0. The molecular formula is C32H50Br4O4. The third-order valence-corrected chi connectivity index (χ3v) is 11.9. The molecule has 0 aliphatic rings. The summed E-state index contributed by atoms with van der Waals surface area (Å²) in [6.45, 7) is 5.15. The third kappa shape index (κ3) is 15.5. The molecule has 230 valence electrons. The van der Waals surface area contributed by atoms with Crippen molar-refractivity contribution in [2.45, 2.75) is 142 Å². The van der Waals surface area contributed by atoms with E-state index in [1.54, 1.807) is 0 Å². The normalized spacial score (nSPS) is 11.2. The Balaban J connectivity index is 2.49. The number of unbranched alkanes of at least 4 members (excludes halogenated alkanes) is 18. The topological polar surface area (TPSA) is 52.6 Å². The van der Waals surface area contributed by atoms with Crippen molar-refractivity contribution < 1.29 is 19.1 Å². The lowest BCUT2D eigenvalue weighted by molar-refractivity contribution is 0.0448. The molecule has 0 spiro atoms. The maximum atomic E-state index is 13.1. The molecule has 0 aliphatic carbocycles. The summed E-state index contributed by atoms with van der Waals surface area (Å²) in [5.41, 5.74) is 0.365. The Kier molecular flexibility index (Phi) is 23.4. The largest absolute Gasteiger partial charge is 0.462 e. The van der Waals surface area contributed by atoms with E-state index >= 15 is 0 Å². The van der Waals surface area contributed by atoms with E-state index in [1.165, 1.54) is 89.9 Å². The maximum Gasteiger partial charge on any atom is 0.340 e. The van der Waals surface area contributed by atoms with Crippen LogP contribution in [-0.4, -0.2) is 25.2 Å². The Hall–Kier alpha value is 0.0800. The van der Waals surface area contributed by atoms with Gasteiger partial charge in [0.05, 0.1) is 24.3 Å². The molecule has 0 saturated carbocycles. The van der Waals surface area contributed by atoms with Crippen molar-refractivity contribution in [2.75, 3.05) is 13.2 Å². The smallest absolute Gasteiger partial charge is 0.340 e. The Morgan fingerprint density at radius 2 is 0.675 bits per heavy atom. The molecule has 0 saturated heterocycles. The lowest BCUT2D eigenvalue weighted by Crippen LogP contribution is -2.17. The van der Waals surface area contributed by atoms with Gasteiger partial charge in [-0.2, -0.15) is 0 Å². The molecular weight excluding hydrogens is 768 g/mol. The molecule has 40 heavy (non-hydrogen) atoms. The standard InChI is InChI=1S/C32H50Br4O4/c1-3-5-7-9-11-13-15-17-19-21-23-39-31(37)25-26(28(34)30(36)29(35)27(25)33)32(38)40-24-22-20-18-16-14-12-10-8-6-4-2/h3-24H2,1-2H3. The number of ether oxygens (including phenoxy) is 2. The zero-order valence-electron chi connectivity index (χ0n) is 24.7. The molecule has 0 radical (unpaired) electrons. The van der Waals surface area contributed by atoms with Gasteiger partial charge in [-0.15, -0.1) is 0 Å². The van der Waals surface area contributed by atoms with Gasteiger partial charge in [-0.05, 0) is 76.6 Å². The number of rotatable bonds is 24. The fraction of sp³-hybridized carbons (Fsp3) is 0.750. The number of hydrogen-bond donors (Lipinski definition) is 0. The molecule has 1 aromatic rings. The maximum absolute atomic E-state index is 13.1. The van der Waals surface area contributed by atoms with Crippen LogP contribution in [0, 0.1) is 0 Å². The van der Waals surface area contributed by atoms with Crippen LogP contribution < -0.4 is 0 Å². The van der Waals surface area contributed by atoms with Gasteiger partial charge < -0.3 is 9.47 Å². The first-order valence-corrected chi connectivity index (χ1v) is 18.7. The summed E-state index contributed by atoms with van der Waals surface area (Å²) in [6, 6.07) is 0. The number of benzene rings is 1. The first-order chi connectivity index (χ1) is 19.4. The minimum atomic E-state index is -0.525. The fourth-order valence-corrected chi connectivity index (χ4v) is 7.11. The lowest BCUT2D eigenvalue weighted by Gasteiger charge is -2.16. The van der Waals surface area contributed by atoms with Gasteiger partial charge in [0.1, 0.15) is 0 Å². The van der Waals surface area contributed by atoms with E-state index in [9.17, 15) is 9.59 Å². The van der Waals surface area contributed by atoms with Crippen molar-refractivity contribution >= 4 is 75.7 Å². The Morgan fingerprint density at radius 1 is 0.425 bits per heavy atom. The highest BCUT2D eigenvalue weighted by Gasteiger charge is 2.30. The zero-order valence-corrected chi connectivity index (χ0v) is 31.0. The molecule has 0 aromatic heterocycles. The van der Waals surface area contributed by atoms with Crippen LogP contribution in [0.2, 0.25) is 0 Å². The van der Waals surface area contributed by atoms with E-state index in [4.69, 9.17) is 9.47 Å². The van der Waals surface area contributed by atoms with Crippen LogP contribution >= 0.6 is 63.7 Å².